The van der Waals surface area contributed by atoms with Crippen LogP contribution in [0.1, 0.15) is 17.4 Å². The zero-order valence-corrected chi connectivity index (χ0v) is 17.2. The quantitative estimate of drug-likeness (QED) is 0.676. The number of ether oxygens (including phenoxy) is 1. The Hall–Kier alpha value is -3.21. The summed E-state index contributed by atoms with van der Waals surface area (Å²) in [6.45, 7) is 4.36. The molecule has 2 aromatic carbocycles. The van der Waals surface area contributed by atoms with Crippen molar-refractivity contribution in [1.29, 1.82) is 0 Å². The predicted molar refractivity (Wildman–Crippen MR) is 117 cm³/mol. The Morgan fingerprint density at radius 1 is 0.966 bits per heavy atom. The third kappa shape index (κ3) is 3.60. The first-order valence-corrected chi connectivity index (χ1v) is 10.00. The molecule has 29 heavy (non-hydrogen) atoms. The van der Waals surface area contributed by atoms with E-state index in [-0.39, 0.29) is 11.9 Å². The molecule has 0 aliphatic carbocycles. The first kappa shape index (κ1) is 19.1. The monoisotopic (exact) mass is 389 g/mol. The second kappa shape index (κ2) is 8.03. The van der Waals surface area contributed by atoms with Gasteiger partial charge in [-0.15, -0.1) is 0 Å². The summed E-state index contributed by atoms with van der Waals surface area (Å²) in [4.78, 5) is 17.6. The van der Waals surface area contributed by atoms with E-state index in [0.29, 0.717) is 6.54 Å². The average molecular weight is 389 g/mol. The Balaban J connectivity index is 1.52. The largest absolute Gasteiger partial charge is 0.495 e. The summed E-state index contributed by atoms with van der Waals surface area (Å²) in [5.41, 5.74) is 3.97. The lowest BCUT2D eigenvalue weighted by Crippen LogP contribution is -2.54. The molecule has 0 N–H and O–H groups in total. The second-order valence-electron chi connectivity index (χ2n) is 7.49. The van der Waals surface area contributed by atoms with Crippen LogP contribution in [0.2, 0.25) is 0 Å². The van der Waals surface area contributed by atoms with Crippen molar-refractivity contribution in [3.05, 3.63) is 72.4 Å². The Labute approximate surface area is 172 Å². The highest BCUT2D eigenvalue weighted by molar-refractivity contribution is 5.94. The van der Waals surface area contributed by atoms with Crippen molar-refractivity contribution in [3.8, 4) is 17.0 Å². The number of benzene rings is 2. The van der Waals surface area contributed by atoms with Crippen LogP contribution in [0, 0.1) is 0 Å². The number of anilines is 1. The Morgan fingerprint density at radius 3 is 2.41 bits per heavy atom. The fraction of sp³-hybridized carbons (Fsp3) is 0.292. The molecule has 1 saturated heterocycles. The Kier molecular flexibility index (Phi) is 5.30. The van der Waals surface area contributed by atoms with Gasteiger partial charge in [0.05, 0.1) is 12.8 Å². The molecule has 0 spiro atoms. The fourth-order valence-electron chi connectivity index (χ4n) is 4.14. The summed E-state index contributed by atoms with van der Waals surface area (Å²) >= 11 is 0. The van der Waals surface area contributed by atoms with Crippen LogP contribution < -0.4 is 9.64 Å². The lowest BCUT2D eigenvalue weighted by atomic mass is 10.1. The van der Waals surface area contributed by atoms with Gasteiger partial charge in [0.1, 0.15) is 11.4 Å². The molecule has 5 heteroatoms. The number of carbonyl (C=O) groups is 1. The molecule has 0 unspecified atom stereocenters. The molecule has 5 nitrogen and oxygen atoms in total. The molecule has 0 radical (unpaired) electrons. The van der Waals surface area contributed by atoms with Gasteiger partial charge >= 0.3 is 0 Å². The van der Waals surface area contributed by atoms with Gasteiger partial charge in [0.25, 0.3) is 5.91 Å². The minimum Gasteiger partial charge on any atom is -0.495 e. The number of hydrogen-bond donors (Lipinski definition) is 0. The molecule has 2 heterocycles. The summed E-state index contributed by atoms with van der Waals surface area (Å²) in [7, 11) is 3.66. The highest BCUT2D eigenvalue weighted by atomic mass is 16.5. The van der Waals surface area contributed by atoms with Gasteiger partial charge in [0.15, 0.2) is 0 Å². The van der Waals surface area contributed by atoms with Gasteiger partial charge in [-0.1, -0.05) is 42.5 Å². The van der Waals surface area contributed by atoms with Crippen LogP contribution in [-0.4, -0.2) is 48.2 Å². The molecule has 1 aromatic heterocycles. The van der Waals surface area contributed by atoms with Crippen LogP contribution in [0.3, 0.4) is 0 Å². The highest BCUT2D eigenvalue weighted by Crippen LogP contribution is 2.30. The van der Waals surface area contributed by atoms with Crippen molar-refractivity contribution in [3.63, 3.8) is 0 Å². The van der Waals surface area contributed by atoms with Crippen LogP contribution in [0.4, 0.5) is 5.69 Å². The molecule has 1 aliphatic rings. The third-order valence-corrected chi connectivity index (χ3v) is 5.72. The molecule has 0 saturated carbocycles. The first-order chi connectivity index (χ1) is 14.1. The van der Waals surface area contributed by atoms with E-state index in [1.165, 1.54) is 0 Å². The smallest absolute Gasteiger partial charge is 0.270 e. The van der Waals surface area contributed by atoms with Gasteiger partial charge in [-0.05, 0) is 36.8 Å². The summed E-state index contributed by atoms with van der Waals surface area (Å²) in [5.74, 6) is 0.955. The SMILES string of the molecule is COc1ccccc1N1CCN(C(=O)c2ccc(-c3ccccc3)n2C)[C@@H](C)C1. The second-order valence-corrected chi connectivity index (χ2v) is 7.49. The number of methoxy groups -OCH3 is 1. The van der Waals surface area contributed by atoms with Crippen molar-refractivity contribution in [2.75, 3.05) is 31.6 Å². The maximum atomic E-state index is 13.3. The highest BCUT2D eigenvalue weighted by Gasteiger charge is 2.30. The minimum atomic E-state index is 0.0851. The van der Waals surface area contributed by atoms with Crippen LogP contribution in [0.5, 0.6) is 5.75 Å². The number of hydrogen-bond acceptors (Lipinski definition) is 3. The number of rotatable bonds is 4. The Morgan fingerprint density at radius 2 is 1.69 bits per heavy atom. The molecule has 1 fully saturated rings. The van der Waals surface area contributed by atoms with Gasteiger partial charge in [-0.25, -0.2) is 0 Å². The van der Waals surface area contributed by atoms with Crippen molar-refractivity contribution < 1.29 is 9.53 Å². The molecule has 150 valence electrons. The lowest BCUT2D eigenvalue weighted by Gasteiger charge is -2.41. The fourth-order valence-corrected chi connectivity index (χ4v) is 4.14. The average Bonchev–Trinajstić information content (AvgIpc) is 3.15. The molecule has 1 atom stereocenters. The molecule has 0 bridgehead atoms. The lowest BCUT2D eigenvalue weighted by molar-refractivity contribution is 0.0664. The van der Waals surface area contributed by atoms with E-state index in [9.17, 15) is 4.79 Å². The predicted octanol–water partition coefficient (Wildman–Crippen LogP) is 4.05. The normalized spacial score (nSPS) is 16.7. The molecular weight excluding hydrogens is 362 g/mol. The van der Waals surface area contributed by atoms with Gasteiger partial charge < -0.3 is 19.1 Å². The van der Waals surface area contributed by atoms with Crippen LogP contribution >= 0.6 is 0 Å². The number of nitrogens with zero attached hydrogens (tertiary/aromatic N) is 3. The number of piperazine rings is 1. The van der Waals surface area contributed by atoms with Crippen molar-refractivity contribution >= 4 is 11.6 Å². The zero-order chi connectivity index (χ0) is 20.4. The van der Waals surface area contributed by atoms with E-state index in [4.69, 9.17) is 4.74 Å². The molecule has 1 aliphatic heterocycles. The molecular formula is C24H27N3O2. The van der Waals surface area contributed by atoms with Crippen molar-refractivity contribution in [2.45, 2.75) is 13.0 Å². The standard InChI is InChI=1S/C24H27N3O2/c1-18-17-26(21-11-7-8-12-23(21)29-3)15-16-27(18)24(28)22-14-13-20(25(22)2)19-9-5-4-6-10-19/h4-14,18H,15-17H2,1-3H3/t18-/m0/s1. The maximum absolute atomic E-state index is 13.3. The van der Waals surface area contributed by atoms with E-state index in [1.807, 2.05) is 65.0 Å². The number of carbonyl (C=O) groups excluding carboxylic acids is 1. The molecule has 1 amide bonds. The topological polar surface area (TPSA) is 37.7 Å². The van der Waals surface area contributed by atoms with Crippen LogP contribution in [0.15, 0.2) is 66.7 Å². The number of amides is 1. The zero-order valence-electron chi connectivity index (χ0n) is 17.2. The maximum Gasteiger partial charge on any atom is 0.270 e. The van der Waals surface area contributed by atoms with Crippen LogP contribution in [0.25, 0.3) is 11.3 Å². The molecule has 3 aromatic rings. The van der Waals surface area contributed by atoms with Gasteiger partial charge in [-0.3, -0.25) is 4.79 Å². The van der Waals surface area contributed by atoms with Crippen molar-refractivity contribution in [2.24, 2.45) is 7.05 Å². The number of para-hydroxylation sites is 2. The summed E-state index contributed by atoms with van der Waals surface area (Å²) in [5, 5.41) is 0. The number of aromatic nitrogens is 1. The van der Waals surface area contributed by atoms with E-state index in [2.05, 4.69) is 30.0 Å². The first-order valence-electron chi connectivity index (χ1n) is 10.00. The van der Waals surface area contributed by atoms with E-state index >= 15 is 0 Å². The van der Waals surface area contributed by atoms with Gasteiger partial charge in [-0.2, -0.15) is 0 Å². The van der Waals surface area contributed by atoms with Gasteiger partial charge in [0.2, 0.25) is 0 Å². The van der Waals surface area contributed by atoms with E-state index in [0.717, 1.165) is 41.5 Å². The van der Waals surface area contributed by atoms with Crippen LogP contribution in [-0.2, 0) is 7.05 Å². The van der Waals surface area contributed by atoms with Gasteiger partial charge in [0, 0.05) is 38.4 Å². The van der Waals surface area contributed by atoms with Crippen molar-refractivity contribution in [1.82, 2.24) is 9.47 Å². The molecule has 4 rings (SSSR count). The third-order valence-electron chi connectivity index (χ3n) is 5.72. The Bertz CT molecular complexity index is 996. The minimum absolute atomic E-state index is 0.0851. The van der Waals surface area contributed by atoms with E-state index in [1.54, 1.807) is 7.11 Å². The summed E-state index contributed by atoms with van der Waals surface area (Å²) in [6.07, 6.45) is 0. The summed E-state index contributed by atoms with van der Waals surface area (Å²) in [6, 6.07) is 22.3. The van der Waals surface area contributed by atoms with E-state index < -0.39 is 0 Å². The summed E-state index contributed by atoms with van der Waals surface area (Å²) < 4.78 is 7.51.